The Morgan fingerprint density at radius 3 is 2.19 bits per heavy atom. The molecule has 1 aromatic carbocycles. The van der Waals surface area contributed by atoms with Gasteiger partial charge in [-0.25, -0.2) is 13.3 Å². The molecule has 3 aliphatic heterocycles. The number of nitrogens with zero attached hydrogens (tertiary/aromatic N) is 4. The summed E-state index contributed by atoms with van der Waals surface area (Å²) in [6.45, 7) is 13.5. The Hall–Kier alpha value is -2.10. The maximum atomic E-state index is 13.8. The monoisotopic (exact) mass is 517 g/mol. The van der Waals surface area contributed by atoms with Gasteiger partial charge in [-0.15, -0.1) is 0 Å². The van der Waals surface area contributed by atoms with Gasteiger partial charge in [0.1, 0.15) is 15.7 Å². The van der Waals surface area contributed by atoms with E-state index in [2.05, 4.69) is 47.0 Å². The Labute approximate surface area is 219 Å². The highest BCUT2D eigenvalue weighted by molar-refractivity contribution is 7.84. The van der Waals surface area contributed by atoms with E-state index < -0.39 is 15.7 Å². The second-order valence-corrected chi connectivity index (χ2v) is 12.0. The van der Waals surface area contributed by atoms with E-state index in [9.17, 15) is 9.00 Å². The summed E-state index contributed by atoms with van der Waals surface area (Å²) < 4.78 is 21.0. The van der Waals surface area contributed by atoms with Crippen molar-refractivity contribution in [3.8, 4) is 0 Å². The summed E-state index contributed by atoms with van der Waals surface area (Å²) >= 11 is 0. The van der Waals surface area contributed by atoms with Gasteiger partial charge in [-0.2, -0.15) is 0 Å². The van der Waals surface area contributed by atoms with Gasteiger partial charge in [-0.05, 0) is 49.8 Å². The average molecular weight is 518 g/mol. The van der Waals surface area contributed by atoms with Crippen LogP contribution in [0.25, 0.3) is 0 Å². The quantitative estimate of drug-likeness (QED) is 0.508. The molecule has 36 heavy (non-hydrogen) atoms. The summed E-state index contributed by atoms with van der Waals surface area (Å²) in [6.07, 6.45) is 5.59. The lowest BCUT2D eigenvalue weighted by Gasteiger charge is -2.45. The van der Waals surface area contributed by atoms with Crippen LogP contribution in [0.2, 0.25) is 0 Å². The number of rotatable bonds is 9. The number of hydrogen-bond donors (Lipinski definition) is 1. The number of hydrogen-bond acceptors (Lipinski definition) is 5. The first-order valence-electron chi connectivity index (χ1n) is 13.5. The van der Waals surface area contributed by atoms with E-state index in [1.807, 2.05) is 9.80 Å². The highest BCUT2D eigenvalue weighted by Crippen LogP contribution is 2.35. The largest absolute Gasteiger partial charge is 0.401 e. The topological polar surface area (TPSA) is 82.4 Å². The molecular formula is C27H43N5O3S. The first-order chi connectivity index (χ1) is 17.4. The minimum atomic E-state index is -1.28. The second kappa shape index (κ2) is 12.4. The predicted octanol–water partition coefficient (Wildman–Crippen LogP) is 3.31. The third-order valence-electron chi connectivity index (χ3n) is 7.82. The fraction of sp³-hybridized carbons (Fsp3) is 0.667. The van der Waals surface area contributed by atoms with Crippen molar-refractivity contribution in [1.82, 2.24) is 14.1 Å². The van der Waals surface area contributed by atoms with E-state index >= 15 is 0 Å². The molecule has 3 saturated heterocycles. The van der Waals surface area contributed by atoms with Crippen molar-refractivity contribution in [3.05, 3.63) is 42.1 Å². The van der Waals surface area contributed by atoms with Gasteiger partial charge in [0.05, 0.1) is 6.61 Å². The van der Waals surface area contributed by atoms with Gasteiger partial charge in [0.2, 0.25) is 0 Å². The van der Waals surface area contributed by atoms with E-state index in [4.69, 9.17) is 10.5 Å². The Morgan fingerprint density at radius 2 is 1.61 bits per heavy atom. The van der Waals surface area contributed by atoms with Gasteiger partial charge in [0.25, 0.3) is 0 Å². The van der Waals surface area contributed by atoms with Crippen molar-refractivity contribution in [2.24, 2.45) is 5.73 Å². The van der Waals surface area contributed by atoms with Gasteiger partial charge >= 0.3 is 6.03 Å². The van der Waals surface area contributed by atoms with Crippen LogP contribution in [-0.2, 0) is 22.3 Å². The number of urea groups is 1. The van der Waals surface area contributed by atoms with Crippen LogP contribution in [0.5, 0.6) is 0 Å². The molecule has 0 bridgehead atoms. The lowest BCUT2D eigenvalue weighted by atomic mass is 9.93. The predicted molar refractivity (Wildman–Crippen MR) is 146 cm³/mol. The molecule has 0 saturated carbocycles. The summed E-state index contributed by atoms with van der Waals surface area (Å²) in [5.41, 5.74) is 9.14. The molecule has 1 unspecified atom stereocenters. The Bertz CT molecular complexity index is 902. The molecule has 1 aromatic rings. The first-order valence-corrected chi connectivity index (χ1v) is 14.6. The molecule has 0 spiro atoms. The minimum absolute atomic E-state index is 0.113. The molecule has 8 nitrogen and oxygen atoms in total. The molecule has 2 N–H and O–H groups in total. The molecule has 2 amide bonds. The Kier molecular flexibility index (Phi) is 9.30. The standard InChI is InChI=1S/C27H43N5O3S/c1-3-4-21-35-22-24-7-9-25(10-8-24)29-17-19-32(20-18-29)36(34)27(23(2)28)11-15-31(16-12-27)26(33)30-13-5-6-14-30/h7-10H,2-6,11-22,28H2,1H3. The summed E-state index contributed by atoms with van der Waals surface area (Å²) in [5.74, 6) is 0. The van der Waals surface area contributed by atoms with E-state index in [1.54, 1.807) is 0 Å². The van der Waals surface area contributed by atoms with Crippen LogP contribution >= 0.6 is 0 Å². The number of benzene rings is 1. The van der Waals surface area contributed by atoms with Crippen molar-refractivity contribution in [3.63, 3.8) is 0 Å². The lowest BCUT2D eigenvalue weighted by molar-refractivity contribution is 0.118. The van der Waals surface area contributed by atoms with Gasteiger partial charge < -0.3 is 25.2 Å². The molecule has 200 valence electrons. The van der Waals surface area contributed by atoms with Crippen molar-refractivity contribution in [2.75, 3.05) is 63.9 Å². The first kappa shape index (κ1) is 26.9. The van der Waals surface area contributed by atoms with Crippen LogP contribution in [0.15, 0.2) is 36.5 Å². The van der Waals surface area contributed by atoms with Crippen LogP contribution in [0.4, 0.5) is 10.5 Å². The molecule has 4 rings (SSSR count). The number of unbranched alkanes of at least 4 members (excludes halogenated alkanes) is 1. The Morgan fingerprint density at radius 1 is 1.00 bits per heavy atom. The van der Waals surface area contributed by atoms with Crippen molar-refractivity contribution in [1.29, 1.82) is 0 Å². The summed E-state index contributed by atoms with van der Waals surface area (Å²) in [4.78, 5) is 19.0. The summed E-state index contributed by atoms with van der Waals surface area (Å²) in [5, 5.41) is 0. The zero-order valence-corrected chi connectivity index (χ0v) is 22.6. The van der Waals surface area contributed by atoms with E-state index in [0.717, 1.165) is 58.5 Å². The number of carbonyl (C=O) groups is 1. The molecule has 0 aromatic heterocycles. The van der Waals surface area contributed by atoms with Gasteiger partial charge in [0, 0.05) is 70.3 Å². The zero-order valence-electron chi connectivity index (χ0n) is 21.8. The van der Waals surface area contributed by atoms with Crippen molar-refractivity contribution in [2.45, 2.75) is 56.8 Å². The minimum Gasteiger partial charge on any atom is -0.401 e. The maximum Gasteiger partial charge on any atom is 0.319 e. The third kappa shape index (κ3) is 6.06. The van der Waals surface area contributed by atoms with E-state index in [0.29, 0.717) is 51.3 Å². The number of ether oxygens (including phenoxy) is 1. The number of piperazine rings is 1. The highest BCUT2D eigenvalue weighted by Gasteiger charge is 2.46. The normalized spacial score (nSPS) is 21.5. The Balaban J connectivity index is 1.29. The highest BCUT2D eigenvalue weighted by atomic mass is 32.2. The fourth-order valence-corrected chi connectivity index (χ4v) is 7.12. The van der Waals surface area contributed by atoms with Crippen LogP contribution in [0.3, 0.4) is 0 Å². The number of likely N-dealkylation sites (tertiary alicyclic amines) is 2. The SMILES string of the molecule is C=C(N)C1(S(=O)N2CCN(c3ccc(COCCCC)cc3)CC2)CCN(C(=O)N2CCCC2)CC1. The summed E-state index contributed by atoms with van der Waals surface area (Å²) in [7, 11) is -1.28. The van der Waals surface area contributed by atoms with E-state index in [-0.39, 0.29) is 6.03 Å². The van der Waals surface area contributed by atoms with Crippen LogP contribution in [-0.4, -0.2) is 88.1 Å². The molecule has 0 radical (unpaired) electrons. The van der Waals surface area contributed by atoms with E-state index in [1.165, 1.54) is 11.3 Å². The van der Waals surface area contributed by atoms with Gasteiger partial charge in [0.15, 0.2) is 0 Å². The van der Waals surface area contributed by atoms with Crippen LogP contribution in [0, 0.1) is 0 Å². The number of carbonyl (C=O) groups excluding carboxylic acids is 1. The smallest absolute Gasteiger partial charge is 0.319 e. The maximum absolute atomic E-state index is 13.8. The van der Waals surface area contributed by atoms with Crippen molar-refractivity contribution < 1.29 is 13.7 Å². The molecular weight excluding hydrogens is 474 g/mol. The molecule has 0 aliphatic carbocycles. The second-order valence-electron chi connectivity index (χ2n) is 10.2. The number of anilines is 1. The van der Waals surface area contributed by atoms with Gasteiger partial charge in [-0.3, -0.25) is 0 Å². The average Bonchev–Trinajstić information content (AvgIpc) is 3.46. The lowest BCUT2D eigenvalue weighted by Crippen LogP contribution is -2.58. The molecule has 3 heterocycles. The molecule has 3 fully saturated rings. The third-order valence-corrected chi connectivity index (χ3v) is 10.00. The molecule has 9 heteroatoms. The molecule has 3 aliphatic rings. The van der Waals surface area contributed by atoms with Crippen molar-refractivity contribution >= 4 is 22.7 Å². The number of piperidine rings is 1. The molecule has 1 atom stereocenters. The van der Waals surface area contributed by atoms with Crippen LogP contribution < -0.4 is 10.6 Å². The number of amides is 2. The number of nitrogens with two attached hydrogens (primary N) is 1. The summed E-state index contributed by atoms with van der Waals surface area (Å²) in [6, 6.07) is 8.69. The zero-order chi connectivity index (χ0) is 25.5. The van der Waals surface area contributed by atoms with Gasteiger partial charge in [-0.1, -0.05) is 32.1 Å². The fourth-order valence-electron chi connectivity index (χ4n) is 5.37. The van der Waals surface area contributed by atoms with Crippen LogP contribution in [0.1, 0.15) is 51.0 Å².